The van der Waals surface area contributed by atoms with Crippen LogP contribution in [0.25, 0.3) is 77.0 Å². The molecule has 0 fully saturated rings. The zero-order valence-electron chi connectivity index (χ0n) is 26.1. The largest absolute Gasteiger partial charge is 0.302 e. The van der Waals surface area contributed by atoms with Gasteiger partial charge in [-0.2, -0.15) is 0 Å². The van der Waals surface area contributed by atoms with Gasteiger partial charge >= 0.3 is 0 Å². The molecule has 0 bridgehead atoms. The van der Waals surface area contributed by atoms with Crippen LogP contribution in [0.2, 0.25) is 0 Å². The highest BCUT2D eigenvalue weighted by Crippen LogP contribution is 2.55. The van der Waals surface area contributed by atoms with Crippen LogP contribution in [0.15, 0.2) is 161 Å². The molecule has 7 aromatic carbocycles. The smallest absolute Gasteiger partial charge is 0.263 e. The fourth-order valence-corrected chi connectivity index (χ4v) is 8.21. The van der Waals surface area contributed by atoms with Crippen LogP contribution in [-0.2, 0) is 0 Å². The fourth-order valence-electron chi connectivity index (χ4n) is 8.21. The Balaban J connectivity index is 1.40. The number of benzene rings is 7. The van der Waals surface area contributed by atoms with Crippen LogP contribution in [0.5, 0.6) is 0 Å². The van der Waals surface area contributed by atoms with E-state index in [0.29, 0.717) is 10.8 Å². The second-order valence-electron chi connectivity index (χ2n) is 12.9. The number of rotatable bonds is 2. The van der Waals surface area contributed by atoms with Crippen molar-refractivity contribution in [2.75, 3.05) is 4.90 Å². The summed E-state index contributed by atoms with van der Waals surface area (Å²) in [6.45, 7) is 0. The molecule has 0 radical (unpaired) electrons. The zero-order chi connectivity index (χ0) is 32.4. The van der Waals surface area contributed by atoms with Crippen LogP contribution < -0.4 is 16.0 Å². The second kappa shape index (κ2) is 9.43. The van der Waals surface area contributed by atoms with Crippen molar-refractivity contribution < 1.29 is 0 Å². The number of fused-ring (bicyclic) bond motifs is 10. The normalized spacial score (nSPS) is 12.6. The minimum absolute atomic E-state index is 0.0790. The van der Waals surface area contributed by atoms with E-state index in [1.54, 1.807) is 0 Å². The number of anilines is 3. The lowest BCUT2D eigenvalue weighted by molar-refractivity contribution is 0.986. The van der Waals surface area contributed by atoms with Crippen molar-refractivity contribution in [3.63, 3.8) is 0 Å². The van der Waals surface area contributed by atoms with Crippen LogP contribution >= 0.6 is 0 Å². The Hall–Kier alpha value is -6.72. The summed E-state index contributed by atoms with van der Waals surface area (Å²) in [5, 5.41) is 5.05. The van der Waals surface area contributed by atoms with Crippen LogP contribution in [0.3, 0.4) is 0 Å². The number of pyridine rings is 2. The molecule has 0 atom stereocenters. The standard InChI is InChI=1S/C44H25N3O2/c48-43-32-17-9-7-15-30(32)34-25-35-31-16-8-10-18-33(31)44(49)47-39-24-29(27-13-5-2-6-14-27)20-22-37(39)45-36-21-19-28(26-11-3-1-4-12-26)23-38(36)46(43)40(34)42(45)41(35)47/h1-25H. The Morgan fingerprint density at radius 1 is 0.327 bits per heavy atom. The van der Waals surface area contributed by atoms with Gasteiger partial charge in [-0.1, -0.05) is 109 Å². The maximum atomic E-state index is 14.7. The minimum Gasteiger partial charge on any atom is -0.302 e. The first-order valence-corrected chi connectivity index (χ1v) is 16.5. The molecule has 2 aliphatic heterocycles. The van der Waals surface area contributed by atoms with Gasteiger partial charge in [0, 0.05) is 21.5 Å². The molecular weight excluding hydrogens is 603 g/mol. The van der Waals surface area contributed by atoms with Gasteiger partial charge in [-0.25, -0.2) is 0 Å². The van der Waals surface area contributed by atoms with Crippen LogP contribution in [0, 0.1) is 0 Å². The molecule has 5 heteroatoms. The third kappa shape index (κ3) is 3.38. The third-order valence-electron chi connectivity index (χ3n) is 10.3. The molecule has 49 heavy (non-hydrogen) atoms. The summed E-state index contributed by atoms with van der Waals surface area (Å²) in [5.41, 5.74) is 9.88. The van der Waals surface area contributed by atoms with E-state index < -0.39 is 0 Å². The molecular formula is C44H25N3O2. The number of nitrogens with zero attached hydrogens (tertiary/aromatic N) is 3. The molecule has 5 nitrogen and oxygen atoms in total. The van der Waals surface area contributed by atoms with Crippen molar-refractivity contribution in [3.05, 3.63) is 172 Å². The Kier molecular flexibility index (Phi) is 5.07. The molecule has 2 aliphatic rings. The fraction of sp³-hybridized carbons (Fsp3) is 0. The van der Waals surface area contributed by atoms with E-state index in [1.165, 1.54) is 0 Å². The highest BCUT2D eigenvalue weighted by atomic mass is 16.1. The van der Waals surface area contributed by atoms with Crippen molar-refractivity contribution in [1.82, 2.24) is 9.13 Å². The van der Waals surface area contributed by atoms with Crippen LogP contribution in [-0.4, -0.2) is 9.13 Å². The highest BCUT2D eigenvalue weighted by molar-refractivity contribution is 6.26. The number of hydrogen-bond donors (Lipinski definition) is 0. The molecule has 228 valence electrons. The lowest BCUT2D eigenvalue weighted by atomic mass is 9.92. The van der Waals surface area contributed by atoms with Crippen molar-refractivity contribution in [2.24, 2.45) is 0 Å². The predicted molar refractivity (Wildman–Crippen MR) is 200 cm³/mol. The van der Waals surface area contributed by atoms with Gasteiger partial charge in [0.1, 0.15) is 0 Å². The average Bonchev–Trinajstić information content (AvgIpc) is 3.17. The Labute approximate surface area is 279 Å². The molecule has 0 saturated carbocycles. The Morgan fingerprint density at radius 3 is 1.18 bits per heavy atom. The summed E-state index contributed by atoms with van der Waals surface area (Å²) in [5.74, 6) is 0. The van der Waals surface area contributed by atoms with Crippen LogP contribution in [0.1, 0.15) is 0 Å². The van der Waals surface area contributed by atoms with Crippen molar-refractivity contribution in [2.45, 2.75) is 0 Å². The van der Waals surface area contributed by atoms with Crippen molar-refractivity contribution in [3.8, 4) is 33.6 Å². The van der Waals surface area contributed by atoms with E-state index in [4.69, 9.17) is 0 Å². The lowest BCUT2D eigenvalue weighted by Gasteiger charge is -2.40. The molecule has 2 aromatic heterocycles. The Bertz CT molecular complexity index is 2830. The first-order valence-electron chi connectivity index (χ1n) is 16.5. The van der Waals surface area contributed by atoms with E-state index in [2.05, 4.69) is 71.6 Å². The predicted octanol–water partition coefficient (Wildman–Crippen LogP) is 10.0. The first-order chi connectivity index (χ1) is 24.2. The average molecular weight is 628 g/mol. The van der Waals surface area contributed by atoms with Gasteiger partial charge < -0.3 is 4.90 Å². The quantitative estimate of drug-likeness (QED) is 0.142. The third-order valence-corrected chi connectivity index (χ3v) is 10.3. The maximum Gasteiger partial charge on any atom is 0.263 e. The number of hydrogen-bond acceptors (Lipinski definition) is 3. The zero-order valence-corrected chi connectivity index (χ0v) is 26.1. The number of aromatic nitrogens is 2. The van der Waals surface area contributed by atoms with Gasteiger partial charge in [-0.3, -0.25) is 18.7 Å². The monoisotopic (exact) mass is 627 g/mol. The highest BCUT2D eigenvalue weighted by Gasteiger charge is 2.37. The lowest BCUT2D eigenvalue weighted by Crippen LogP contribution is -2.32. The molecule has 0 unspecified atom stereocenters. The maximum absolute atomic E-state index is 14.7. The molecule has 0 amide bonds. The van der Waals surface area contributed by atoms with E-state index in [0.717, 1.165) is 83.3 Å². The summed E-state index contributed by atoms with van der Waals surface area (Å²) in [4.78, 5) is 31.7. The molecule has 11 rings (SSSR count). The van der Waals surface area contributed by atoms with Crippen LogP contribution in [0.4, 0.5) is 17.1 Å². The molecule has 0 spiro atoms. The summed E-state index contributed by atoms with van der Waals surface area (Å²) >= 11 is 0. The first kappa shape index (κ1) is 26.4. The van der Waals surface area contributed by atoms with Gasteiger partial charge in [-0.05, 0) is 75.5 Å². The van der Waals surface area contributed by atoms with E-state index in [9.17, 15) is 9.59 Å². The SMILES string of the molecule is O=c1c2ccccc2c2cc3c4ccccc4c(=O)n4c3c3c2n1-c1cc(-c2ccccc2)ccc1N3c1ccc(-c2ccccc2)cc1-4. The van der Waals surface area contributed by atoms with Gasteiger partial charge in [0.05, 0.1) is 39.5 Å². The van der Waals surface area contributed by atoms with Gasteiger partial charge in [0.15, 0.2) is 0 Å². The molecule has 0 aliphatic carbocycles. The minimum atomic E-state index is -0.0790. The molecule has 0 saturated heterocycles. The summed E-state index contributed by atoms with van der Waals surface area (Å²) in [7, 11) is 0. The topological polar surface area (TPSA) is 47.2 Å². The summed E-state index contributed by atoms with van der Waals surface area (Å²) < 4.78 is 3.77. The molecule has 9 aromatic rings. The molecule has 0 N–H and O–H groups in total. The van der Waals surface area contributed by atoms with Gasteiger partial charge in [0.25, 0.3) is 11.1 Å². The van der Waals surface area contributed by atoms with Crippen molar-refractivity contribution >= 4 is 60.4 Å². The van der Waals surface area contributed by atoms with E-state index in [1.807, 2.05) is 94.1 Å². The Morgan fingerprint density at radius 2 is 0.735 bits per heavy atom. The van der Waals surface area contributed by atoms with Gasteiger partial charge in [0.2, 0.25) is 0 Å². The molecule has 4 heterocycles. The van der Waals surface area contributed by atoms with E-state index >= 15 is 0 Å². The van der Waals surface area contributed by atoms with E-state index in [-0.39, 0.29) is 11.1 Å². The second-order valence-corrected chi connectivity index (χ2v) is 12.9. The summed E-state index contributed by atoms with van der Waals surface area (Å²) in [6.07, 6.45) is 0. The van der Waals surface area contributed by atoms with Gasteiger partial charge in [-0.15, -0.1) is 0 Å². The van der Waals surface area contributed by atoms with Crippen molar-refractivity contribution in [1.29, 1.82) is 0 Å². The summed E-state index contributed by atoms with van der Waals surface area (Å²) in [6, 6.07) is 51.2.